The summed E-state index contributed by atoms with van der Waals surface area (Å²) in [7, 11) is 0. The van der Waals surface area contributed by atoms with Crippen LogP contribution in [0.25, 0.3) is 0 Å². The molecule has 0 amide bonds. The molecule has 2 N–H and O–H groups in total. The molecule has 0 aromatic heterocycles. The Morgan fingerprint density at radius 2 is 2.00 bits per heavy atom. The van der Waals surface area contributed by atoms with Crippen LogP contribution < -0.4 is 5.73 Å². The molecule has 86 valence electrons. The largest absolute Gasteiger partial charge is 0.496 e. The van der Waals surface area contributed by atoms with E-state index in [1.165, 1.54) is 38.5 Å². The smallest absolute Gasteiger partial charge is 0.109 e. The van der Waals surface area contributed by atoms with E-state index in [-0.39, 0.29) is 6.04 Å². The second-order valence-electron chi connectivity index (χ2n) is 4.94. The average Bonchev–Trinajstić information content (AvgIpc) is 2.65. The molecular weight excluding hydrogens is 186 g/mol. The summed E-state index contributed by atoms with van der Waals surface area (Å²) in [6.45, 7) is 0.841. The van der Waals surface area contributed by atoms with Gasteiger partial charge in [0.1, 0.15) is 5.76 Å². The molecule has 0 saturated heterocycles. The number of rotatable bonds is 3. The Hall–Kier alpha value is -0.500. The zero-order chi connectivity index (χ0) is 10.5. The number of hydrogen-bond donors (Lipinski definition) is 1. The minimum Gasteiger partial charge on any atom is -0.496 e. The fourth-order valence-corrected chi connectivity index (χ4v) is 2.77. The van der Waals surface area contributed by atoms with Crippen molar-refractivity contribution in [2.75, 3.05) is 6.61 Å². The summed E-state index contributed by atoms with van der Waals surface area (Å²) in [6, 6.07) is 0.163. The summed E-state index contributed by atoms with van der Waals surface area (Å²) in [4.78, 5) is 0. The molecule has 0 bridgehead atoms. The first-order valence-corrected chi connectivity index (χ1v) is 6.44. The van der Waals surface area contributed by atoms with Crippen molar-refractivity contribution in [1.82, 2.24) is 0 Å². The Balaban J connectivity index is 1.78. The molecule has 1 fully saturated rings. The summed E-state index contributed by atoms with van der Waals surface area (Å²) >= 11 is 0. The highest BCUT2D eigenvalue weighted by atomic mass is 16.5. The number of nitrogens with two attached hydrogens (primary N) is 1. The van der Waals surface area contributed by atoms with Gasteiger partial charge in [0.15, 0.2) is 0 Å². The van der Waals surface area contributed by atoms with E-state index in [1.807, 2.05) is 0 Å². The van der Waals surface area contributed by atoms with E-state index < -0.39 is 0 Å². The van der Waals surface area contributed by atoms with Crippen molar-refractivity contribution in [3.8, 4) is 0 Å². The maximum Gasteiger partial charge on any atom is 0.109 e. The molecule has 0 radical (unpaired) electrons. The van der Waals surface area contributed by atoms with Crippen molar-refractivity contribution >= 4 is 0 Å². The maximum atomic E-state index is 6.17. The lowest BCUT2D eigenvalue weighted by molar-refractivity contribution is 0.214. The van der Waals surface area contributed by atoms with Crippen LogP contribution in [0, 0.1) is 5.92 Å². The van der Waals surface area contributed by atoms with Gasteiger partial charge >= 0.3 is 0 Å². The van der Waals surface area contributed by atoms with Crippen LogP contribution in [0.15, 0.2) is 11.8 Å². The van der Waals surface area contributed by atoms with Crippen molar-refractivity contribution in [2.24, 2.45) is 11.7 Å². The van der Waals surface area contributed by atoms with Crippen LogP contribution in [0.4, 0.5) is 0 Å². The van der Waals surface area contributed by atoms with Crippen LogP contribution in [0.1, 0.15) is 51.4 Å². The third-order valence-corrected chi connectivity index (χ3v) is 3.66. The van der Waals surface area contributed by atoms with E-state index in [1.54, 1.807) is 0 Å². The Labute approximate surface area is 92.9 Å². The number of ether oxygens (including phenoxy) is 1. The molecule has 15 heavy (non-hydrogen) atoms. The van der Waals surface area contributed by atoms with Gasteiger partial charge in [-0.05, 0) is 18.4 Å². The summed E-state index contributed by atoms with van der Waals surface area (Å²) < 4.78 is 5.52. The summed E-state index contributed by atoms with van der Waals surface area (Å²) in [5.74, 6) is 1.90. The van der Waals surface area contributed by atoms with Crippen molar-refractivity contribution in [3.05, 3.63) is 11.8 Å². The Bertz CT molecular complexity index is 217. The van der Waals surface area contributed by atoms with Crippen LogP contribution in [0.2, 0.25) is 0 Å². The SMILES string of the molecule is NC(CC1CCCCCC1)C1=CCCO1. The van der Waals surface area contributed by atoms with Crippen molar-refractivity contribution in [2.45, 2.75) is 57.4 Å². The molecule has 1 aliphatic carbocycles. The fraction of sp³-hybridized carbons (Fsp3) is 0.846. The normalized spacial score (nSPS) is 25.5. The monoisotopic (exact) mass is 209 g/mol. The molecular formula is C13H23NO. The Morgan fingerprint density at radius 1 is 1.27 bits per heavy atom. The lowest BCUT2D eigenvalue weighted by atomic mass is 9.92. The molecule has 2 heteroatoms. The first-order valence-electron chi connectivity index (χ1n) is 6.44. The van der Waals surface area contributed by atoms with E-state index in [0.717, 1.165) is 31.1 Å². The quantitative estimate of drug-likeness (QED) is 0.725. The molecule has 1 saturated carbocycles. The lowest BCUT2D eigenvalue weighted by Gasteiger charge is -2.19. The Kier molecular flexibility index (Phi) is 4.07. The highest BCUT2D eigenvalue weighted by Crippen LogP contribution is 2.28. The van der Waals surface area contributed by atoms with Gasteiger partial charge in [0.25, 0.3) is 0 Å². The average molecular weight is 209 g/mol. The topological polar surface area (TPSA) is 35.2 Å². The van der Waals surface area contributed by atoms with Gasteiger partial charge in [-0.2, -0.15) is 0 Å². The van der Waals surface area contributed by atoms with Gasteiger partial charge in [-0.3, -0.25) is 0 Å². The Morgan fingerprint density at radius 3 is 2.60 bits per heavy atom. The molecule has 0 spiro atoms. The van der Waals surface area contributed by atoms with Gasteiger partial charge in [-0.1, -0.05) is 38.5 Å². The second kappa shape index (κ2) is 5.55. The summed E-state index contributed by atoms with van der Waals surface area (Å²) in [5.41, 5.74) is 6.17. The van der Waals surface area contributed by atoms with Crippen LogP contribution >= 0.6 is 0 Å². The lowest BCUT2D eigenvalue weighted by Crippen LogP contribution is -2.26. The highest BCUT2D eigenvalue weighted by molar-refractivity contribution is 5.06. The van der Waals surface area contributed by atoms with Gasteiger partial charge in [0, 0.05) is 6.42 Å². The molecule has 1 unspecified atom stereocenters. The van der Waals surface area contributed by atoms with Crippen LogP contribution in [0.5, 0.6) is 0 Å². The van der Waals surface area contributed by atoms with E-state index in [4.69, 9.17) is 10.5 Å². The minimum absolute atomic E-state index is 0.163. The highest BCUT2D eigenvalue weighted by Gasteiger charge is 2.20. The van der Waals surface area contributed by atoms with Crippen molar-refractivity contribution in [1.29, 1.82) is 0 Å². The molecule has 0 aromatic carbocycles. The number of hydrogen-bond acceptors (Lipinski definition) is 2. The third kappa shape index (κ3) is 3.23. The first-order chi connectivity index (χ1) is 7.36. The van der Waals surface area contributed by atoms with E-state index in [9.17, 15) is 0 Å². The van der Waals surface area contributed by atoms with Gasteiger partial charge < -0.3 is 10.5 Å². The predicted octanol–water partition coefficient (Wildman–Crippen LogP) is 2.98. The van der Waals surface area contributed by atoms with Gasteiger partial charge in [-0.15, -0.1) is 0 Å². The molecule has 2 nitrogen and oxygen atoms in total. The first kappa shape index (κ1) is 11.0. The molecule has 0 aromatic rings. The van der Waals surface area contributed by atoms with Crippen LogP contribution in [-0.2, 0) is 4.74 Å². The molecule has 1 atom stereocenters. The minimum atomic E-state index is 0.163. The van der Waals surface area contributed by atoms with Crippen molar-refractivity contribution in [3.63, 3.8) is 0 Å². The van der Waals surface area contributed by atoms with Gasteiger partial charge in [-0.25, -0.2) is 0 Å². The van der Waals surface area contributed by atoms with Crippen LogP contribution in [0.3, 0.4) is 0 Å². The van der Waals surface area contributed by atoms with E-state index in [2.05, 4.69) is 6.08 Å². The standard InChI is InChI=1S/C13H23NO/c14-12(13-8-5-9-15-13)10-11-6-3-1-2-4-7-11/h8,11-12H,1-7,9-10,14H2. The van der Waals surface area contributed by atoms with Gasteiger partial charge in [0.05, 0.1) is 12.6 Å². The second-order valence-corrected chi connectivity index (χ2v) is 4.94. The fourth-order valence-electron chi connectivity index (χ4n) is 2.77. The zero-order valence-electron chi connectivity index (χ0n) is 9.58. The zero-order valence-corrected chi connectivity index (χ0v) is 9.58. The molecule has 1 heterocycles. The van der Waals surface area contributed by atoms with E-state index >= 15 is 0 Å². The molecule has 1 aliphatic heterocycles. The summed E-state index contributed by atoms with van der Waals surface area (Å²) in [5, 5.41) is 0. The van der Waals surface area contributed by atoms with Crippen LogP contribution in [-0.4, -0.2) is 12.6 Å². The van der Waals surface area contributed by atoms with E-state index in [0.29, 0.717) is 0 Å². The maximum absolute atomic E-state index is 6.17. The third-order valence-electron chi connectivity index (χ3n) is 3.66. The summed E-state index contributed by atoms with van der Waals surface area (Å²) in [6.07, 6.45) is 12.7. The predicted molar refractivity (Wildman–Crippen MR) is 62.4 cm³/mol. The van der Waals surface area contributed by atoms with Crippen molar-refractivity contribution < 1.29 is 4.74 Å². The van der Waals surface area contributed by atoms with Gasteiger partial charge in [0.2, 0.25) is 0 Å². The molecule has 2 rings (SSSR count). The molecule has 2 aliphatic rings.